The minimum atomic E-state index is -3.40. The van der Waals surface area contributed by atoms with Gasteiger partial charge in [-0.2, -0.15) is 0 Å². The predicted octanol–water partition coefficient (Wildman–Crippen LogP) is 2.72. The molecule has 6 nitrogen and oxygen atoms in total. The van der Waals surface area contributed by atoms with Crippen LogP contribution in [0.15, 0.2) is 0 Å². The first-order valence-corrected chi connectivity index (χ1v) is 9.10. The van der Waals surface area contributed by atoms with Gasteiger partial charge in [-0.3, -0.25) is 9.59 Å². The lowest BCUT2D eigenvalue weighted by molar-refractivity contribution is 0.194. The van der Waals surface area contributed by atoms with Crippen molar-refractivity contribution in [1.82, 2.24) is 0 Å². The molecule has 0 heterocycles. The van der Waals surface area contributed by atoms with Crippen molar-refractivity contribution in [1.29, 1.82) is 0 Å². The summed E-state index contributed by atoms with van der Waals surface area (Å²) in [5, 5.41) is 17.6. The molecule has 0 saturated heterocycles. The molecular formula is C8H22O6Si2. The van der Waals surface area contributed by atoms with Crippen molar-refractivity contribution in [3.05, 3.63) is 0 Å². The van der Waals surface area contributed by atoms with Gasteiger partial charge < -0.3 is 18.8 Å². The zero-order valence-electron chi connectivity index (χ0n) is 8.53. The van der Waals surface area contributed by atoms with Gasteiger partial charge in [-0.25, -0.2) is 0 Å². The first-order valence-electron chi connectivity index (χ1n) is 3.88. The Balaban J connectivity index is -0.000000845. The van der Waals surface area contributed by atoms with Crippen LogP contribution in [0.3, 0.4) is 0 Å². The molecule has 0 aromatic heterocycles. The minimum Gasteiger partial charge on any atom is -0.484 e. The standard InChI is InChI=1S/C6H14O6Si2.2CH4/c1-11-14(4,6(9)10)12-13(2,3)5(7)8;;/h1-4H3,(H,7,8)(H,9,10);2*1H4. The van der Waals surface area contributed by atoms with Crippen molar-refractivity contribution >= 4 is 28.1 Å². The van der Waals surface area contributed by atoms with Crippen molar-refractivity contribution < 1.29 is 28.3 Å². The van der Waals surface area contributed by atoms with Crippen LogP contribution in [0.25, 0.3) is 0 Å². The van der Waals surface area contributed by atoms with Gasteiger partial charge in [0, 0.05) is 7.11 Å². The van der Waals surface area contributed by atoms with Gasteiger partial charge in [-0.15, -0.1) is 0 Å². The van der Waals surface area contributed by atoms with E-state index in [9.17, 15) is 9.59 Å². The Morgan fingerprint density at radius 2 is 1.38 bits per heavy atom. The normalized spacial score (nSPS) is 14.0. The lowest BCUT2D eigenvalue weighted by Gasteiger charge is -2.27. The summed E-state index contributed by atoms with van der Waals surface area (Å²) < 4.78 is 9.93. The number of hydrogen-bond donors (Lipinski definition) is 2. The fourth-order valence-electron chi connectivity index (χ4n) is 0.703. The summed E-state index contributed by atoms with van der Waals surface area (Å²) >= 11 is 0. The summed E-state index contributed by atoms with van der Waals surface area (Å²) in [7, 11) is -5.21. The van der Waals surface area contributed by atoms with Gasteiger partial charge in [-0.05, 0) is 19.6 Å². The summed E-state index contributed by atoms with van der Waals surface area (Å²) in [5.41, 5.74) is -2.30. The zero-order chi connectivity index (χ0) is 11.6. The van der Waals surface area contributed by atoms with Gasteiger partial charge in [0.25, 0.3) is 5.59 Å². The zero-order valence-corrected chi connectivity index (χ0v) is 10.5. The van der Waals surface area contributed by atoms with E-state index in [0.717, 1.165) is 0 Å². The van der Waals surface area contributed by atoms with Gasteiger partial charge in [0.2, 0.25) is 0 Å². The predicted molar refractivity (Wildman–Crippen MR) is 66.7 cm³/mol. The van der Waals surface area contributed by atoms with Crippen LogP contribution >= 0.6 is 0 Å². The maximum Gasteiger partial charge on any atom is 0.449 e. The Morgan fingerprint density at radius 3 is 1.56 bits per heavy atom. The highest BCUT2D eigenvalue weighted by Crippen LogP contribution is 2.16. The van der Waals surface area contributed by atoms with Crippen molar-refractivity contribution in [3.8, 4) is 0 Å². The molecule has 2 N–H and O–H groups in total. The molecule has 0 saturated carbocycles. The molecule has 0 aromatic carbocycles. The number of rotatable bonds is 5. The molecule has 0 radical (unpaired) electrons. The maximum absolute atomic E-state index is 10.8. The summed E-state index contributed by atoms with van der Waals surface area (Å²) in [5.74, 6) is 0. The third kappa shape index (κ3) is 4.88. The van der Waals surface area contributed by atoms with Crippen LogP contribution in [0.4, 0.5) is 9.59 Å². The smallest absolute Gasteiger partial charge is 0.449 e. The molecular weight excluding hydrogens is 248 g/mol. The Labute approximate surface area is 98.6 Å². The van der Waals surface area contributed by atoms with E-state index < -0.39 is 28.1 Å². The minimum absolute atomic E-state index is 0. The van der Waals surface area contributed by atoms with Gasteiger partial charge in [0.05, 0.1) is 0 Å². The van der Waals surface area contributed by atoms with E-state index in [-0.39, 0.29) is 14.9 Å². The van der Waals surface area contributed by atoms with E-state index in [1.54, 1.807) is 0 Å². The average Bonchev–Trinajstić information content (AvgIpc) is 2.02. The van der Waals surface area contributed by atoms with Crippen LogP contribution < -0.4 is 0 Å². The van der Waals surface area contributed by atoms with E-state index in [1.165, 1.54) is 26.8 Å². The molecule has 0 bridgehead atoms. The highest BCUT2D eigenvalue weighted by molar-refractivity contribution is 7.07. The summed E-state index contributed by atoms with van der Waals surface area (Å²) in [6, 6.07) is 0. The summed E-state index contributed by atoms with van der Waals surface area (Å²) in [4.78, 5) is 21.5. The molecule has 1 atom stereocenters. The van der Waals surface area contributed by atoms with Gasteiger partial charge >= 0.3 is 22.5 Å². The number of carboxylic acid groups (broad SMARTS) is 2. The van der Waals surface area contributed by atoms with Crippen molar-refractivity contribution in [2.75, 3.05) is 7.11 Å². The Kier molecular flexibility index (Phi) is 8.77. The maximum atomic E-state index is 10.8. The quantitative estimate of drug-likeness (QED) is 0.746. The van der Waals surface area contributed by atoms with Crippen molar-refractivity contribution in [2.24, 2.45) is 0 Å². The molecule has 0 amide bonds. The molecule has 0 aliphatic heterocycles. The van der Waals surface area contributed by atoms with Crippen LogP contribution in [0, 0.1) is 0 Å². The lowest BCUT2D eigenvalue weighted by Crippen LogP contribution is -2.56. The number of hydrogen-bond acceptors (Lipinski definition) is 4. The van der Waals surface area contributed by atoms with Gasteiger partial charge in [-0.1, -0.05) is 14.9 Å². The lowest BCUT2D eigenvalue weighted by atomic mass is 11.6. The molecule has 0 aliphatic rings. The average molecular weight is 270 g/mol. The Bertz CT molecular complexity index is 255. The van der Waals surface area contributed by atoms with Crippen LogP contribution in [-0.2, 0) is 8.54 Å². The Hall–Kier alpha value is -0.706. The van der Waals surface area contributed by atoms with E-state index in [2.05, 4.69) is 0 Å². The highest BCUT2D eigenvalue weighted by Gasteiger charge is 2.49. The molecule has 1 unspecified atom stereocenters. The van der Waals surface area contributed by atoms with Crippen LogP contribution in [-0.4, -0.2) is 45.4 Å². The molecule has 0 rings (SSSR count). The topological polar surface area (TPSA) is 93.1 Å². The van der Waals surface area contributed by atoms with Crippen LogP contribution in [0.5, 0.6) is 0 Å². The molecule has 0 aromatic rings. The molecule has 0 spiro atoms. The molecule has 0 fully saturated rings. The van der Waals surface area contributed by atoms with Gasteiger partial charge in [0.15, 0.2) is 0 Å². The molecule has 98 valence electrons. The van der Waals surface area contributed by atoms with Crippen LogP contribution in [0.1, 0.15) is 14.9 Å². The molecule has 16 heavy (non-hydrogen) atoms. The van der Waals surface area contributed by atoms with E-state index in [4.69, 9.17) is 18.8 Å². The summed E-state index contributed by atoms with van der Waals surface area (Å²) in [6.07, 6.45) is 0. The van der Waals surface area contributed by atoms with Gasteiger partial charge in [0.1, 0.15) is 0 Å². The first-order chi connectivity index (χ1) is 6.15. The SMILES string of the molecule is C.C.CO[Si](C)(O[Si](C)(C)C(=O)O)C(=O)O. The number of carbonyl (C=O) groups is 2. The third-order valence-electron chi connectivity index (χ3n) is 1.74. The van der Waals surface area contributed by atoms with Crippen molar-refractivity contribution in [2.45, 2.75) is 34.5 Å². The fourth-order valence-corrected chi connectivity index (χ4v) is 5.80. The van der Waals surface area contributed by atoms with Crippen molar-refractivity contribution in [3.63, 3.8) is 0 Å². The second-order valence-electron chi connectivity index (χ2n) is 3.37. The van der Waals surface area contributed by atoms with E-state index >= 15 is 0 Å². The largest absolute Gasteiger partial charge is 0.484 e. The molecule has 0 aliphatic carbocycles. The summed E-state index contributed by atoms with van der Waals surface area (Å²) in [6.45, 7) is 4.15. The van der Waals surface area contributed by atoms with E-state index in [0.29, 0.717) is 0 Å². The fraction of sp³-hybridized carbons (Fsp3) is 0.750. The first kappa shape index (κ1) is 20.7. The second kappa shape index (κ2) is 6.79. The molecule has 8 heteroatoms. The second-order valence-corrected chi connectivity index (χ2v) is 10.4. The van der Waals surface area contributed by atoms with E-state index in [1.807, 2.05) is 0 Å². The monoisotopic (exact) mass is 270 g/mol. The Morgan fingerprint density at radius 1 is 1.00 bits per heavy atom. The van der Waals surface area contributed by atoms with Crippen LogP contribution in [0.2, 0.25) is 19.6 Å². The third-order valence-corrected chi connectivity index (χ3v) is 7.93. The highest BCUT2D eigenvalue weighted by atomic mass is 28.4.